The van der Waals surface area contributed by atoms with Crippen LogP contribution < -0.4 is 4.74 Å². The molecule has 0 radical (unpaired) electrons. The van der Waals surface area contributed by atoms with Crippen molar-refractivity contribution in [3.05, 3.63) is 47.5 Å². The smallest absolute Gasteiger partial charge is 0.279 e. The zero-order chi connectivity index (χ0) is 15.9. The lowest BCUT2D eigenvalue weighted by Gasteiger charge is -2.25. The summed E-state index contributed by atoms with van der Waals surface area (Å²) in [6.45, 7) is 0. The first-order chi connectivity index (χ1) is 10.4. The maximum Gasteiger partial charge on any atom is 0.279 e. The van der Waals surface area contributed by atoms with Crippen molar-refractivity contribution in [2.24, 2.45) is 0 Å². The molecule has 2 aromatic carbocycles. The van der Waals surface area contributed by atoms with Crippen molar-refractivity contribution in [2.45, 2.75) is 12.2 Å². The van der Waals surface area contributed by atoms with Gasteiger partial charge in [0.2, 0.25) is 5.78 Å². The Kier molecular flexibility index (Phi) is 3.18. The second-order valence-corrected chi connectivity index (χ2v) is 5.07. The van der Waals surface area contributed by atoms with Crippen molar-refractivity contribution in [3.63, 3.8) is 0 Å². The van der Waals surface area contributed by atoms with Gasteiger partial charge in [0.1, 0.15) is 11.5 Å². The number of benzene rings is 2. The average molecular weight is 302 g/mol. The molecule has 114 valence electrons. The van der Waals surface area contributed by atoms with Crippen molar-refractivity contribution >= 4 is 5.78 Å². The lowest BCUT2D eigenvalue weighted by molar-refractivity contribution is -0.117. The number of Topliss-reactive ketones (excluding diaryl/α,β-unsaturated/α-hetero) is 1. The van der Waals surface area contributed by atoms with Gasteiger partial charge in [0.15, 0.2) is 11.5 Å². The monoisotopic (exact) mass is 302 g/mol. The number of carbonyl (C=O) groups excluding carboxylic acids is 1. The van der Waals surface area contributed by atoms with Crippen LogP contribution in [0.5, 0.6) is 23.0 Å². The highest BCUT2D eigenvalue weighted by Crippen LogP contribution is 2.40. The predicted molar refractivity (Wildman–Crippen MR) is 76.3 cm³/mol. The second kappa shape index (κ2) is 4.92. The number of methoxy groups -OCH3 is 1. The van der Waals surface area contributed by atoms with Crippen LogP contribution in [0.3, 0.4) is 0 Å². The molecule has 2 aromatic rings. The molecular weight excluding hydrogens is 288 g/mol. The van der Waals surface area contributed by atoms with Crippen LogP contribution >= 0.6 is 0 Å². The summed E-state index contributed by atoms with van der Waals surface area (Å²) in [5, 5.41) is 28.4. The molecule has 3 N–H and O–H groups in total. The van der Waals surface area contributed by atoms with E-state index >= 15 is 0 Å². The molecule has 1 atom stereocenters. The summed E-state index contributed by atoms with van der Waals surface area (Å²) in [6, 6.07) is 8.45. The van der Waals surface area contributed by atoms with Gasteiger partial charge in [-0.3, -0.25) is 4.79 Å². The van der Waals surface area contributed by atoms with E-state index in [0.29, 0.717) is 11.1 Å². The number of hydrogen-bond acceptors (Lipinski definition) is 6. The minimum Gasteiger partial charge on any atom is -0.508 e. The van der Waals surface area contributed by atoms with Gasteiger partial charge in [-0.2, -0.15) is 0 Å². The molecule has 0 spiro atoms. The highest BCUT2D eigenvalue weighted by atomic mass is 16.7. The molecule has 3 rings (SSSR count). The number of ketones is 1. The molecule has 0 saturated heterocycles. The van der Waals surface area contributed by atoms with Gasteiger partial charge in [-0.1, -0.05) is 6.07 Å². The van der Waals surface area contributed by atoms with E-state index in [4.69, 9.17) is 9.47 Å². The number of rotatable bonds is 3. The van der Waals surface area contributed by atoms with Crippen LogP contribution in [0, 0.1) is 0 Å². The number of ether oxygens (including phenoxy) is 2. The third-order valence-corrected chi connectivity index (χ3v) is 3.64. The Morgan fingerprint density at radius 3 is 2.55 bits per heavy atom. The fraction of sp³-hybridized carbons (Fsp3) is 0.188. The first-order valence-corrected chi connectivity index (χ1v) is 6.58. The van der Waals surface area contributed by atoms with Crippen molar-refractivity contribution in [2.75, 3.05) is 7.11 Å². The zero-order valence-electron chi connectivity index (χ0n) is 11.7. The van der Waals surface area contributed by atoms with E-state index in [1.54, 1.807) is 6.07 Å². The van der Waals surface area contributed by atoms with Crippen LogP contribution in [0.4, 0.5) is 0 Å². The molecule has 0 aliphatic carbocycles. The molecule has 0 aromatic heterocycles. The van der Waals surface area contributed by atoms with Gasteiger partial charge in [-0.05, 0) is 29.8 Å². The number of phenols is 3. The summed E-state index contributed by atoms with van der Waals surface area (Å²) in [7, 11) is 1.35. The Bertz CT molecular complexity index is 754. The van der Waals surface area contributed by atoms with Crippen LogP contribution in [0.25, 0.3) is 0 Å². The predicted octanol–water partition coefficient (Wildman–Crippen LogP) is 1.96. The molecule has 1 aliphatic heterocycles. The molecule has 6 heteroatoms. The van der Waals surface area contributed by atoms with Crippen molar-refractivity contribution in [1.29, 1.82) is 0 Å². The molecule has 0 fully saturated rings. The number of fused-ring (bicyclic) bond motifs is 1. The highest BCUT2D eigenvalue weighted by Gasteiger charge is 2.48. The van der Waals surface area contributed by atoms with Crippen LogP contribution in [-0.2, 0) is 11.2 Å². The van der Waals surface area contributed by atoms with Crippen molar-refractivity contribution in [1.82, 2.24) is 0 Å². The van der Waals surface area contributed by atoms with Crippen LogP contribution in [0.2, 0.25) is 0 Å². The fourth-order valence-electron chi connectivity index (χ4n) is 2.48. The molecule has 1 heterocycles. The largest absolute Gasteiger partial charge is 0.508 e. The quantitative estimate of drug-likeness (QED) is 0.750. The Hall–Kier alpha value is -2.73. The molecule has 1 unspecified atom stereocenters. The Balaban J connectivity index is 1.97. The first kappa shape index (κ1) is 14.2. The third-order valence-electron chi connectivity index (χ3n) is 3.64. The van der Waals surface area contributed by atoms with E-state index < -0.39 is 5.79 Å². The van der Waals surface area contributed by atoms with Crippen molar-refractivity contribution in [3.8, 4) is 23.0 Å². The summed E-state index contributed by atoms with van der Waals surface area (Å²) < 4.78 is 10.9. The molecule has 1 aliphatic rings. The zero-order valence-corrected chi connectivity index (χ0v) is 11.7. The van der Waals surface area contributed by atoms with Crippen LogP contribution in [0.1, 0.15) is 15.9 Å². The molecule has 0 amide bonds. The summed E-state index contributed by atoms with van der Waals surface area (Å²) >= 11 is 0. The van der Waals surface area contributed by atoms with Gasteiger partial charge < -0.3 is 24.8 Å². The average Bonchev–Trinajstić information content (AvgIpc) is 2.75. The van der Waals surface area contributed by atoms with Crippen molar-refractivity contribution < 1.29 is 29.6 Å². The van der Waals surface area contributed by atoms with Gasteiger partial charge in [0.05, 0.1) is 5.56 Å². The third kappa shape index (κ3) is 2.14. The topological polar surface area (TPSA) is 96.2 Å². The number of phenolic OH excluding ortho intramolecular Hbond substituents is 3. The second-order valence-electron chi connectivity index (χ2n) is 5.07. The summed E-state index contributed by atoms with van der Waals surface area (Å²) in [6.07, 6.45) is 0.0472. The molecule has 22 heavy (non-hydrogen) atoms. The van der Waals surface area contributed by atoms with Gasteiger partial charge in [0, 0.05) is 19.6 Å². The van der Waals surface area contributed by atoms with Gasteiger partial charge in [-0.15, -0.1) is 0 Å². The Morgan fingerprint density at radius 1 is 1.09 bits per heavy atom. The van der Waals surface area contributed by atoms with Gasteiger partial charge in [-0.25, -0.2) is 0 Å². The number of aromatic hydroxyl groups is 3. The maximum atomic E-state index is 12.6. The van der Waals surface area contributed by atoms with E-state index in [9.17, 15) is 20.1 Å². The summed E-state index contributed by atoms with van der Waals surface area (Å²) in [5.74, 6) is -2.22. The maximum absolute atomic E-state index is 12.6. The van der Waals surface area contributed by atoms with Crippen LogP contribution in [0.15, 0.2) is 36.4 Å². The van der Waals surface area contributed by atoms with Gasteiger partial charge in [0.25, 0.3) is 5.79 Å². The van der Waals surface area contributed by atoms with E-state index in [1.807, 2.05) is 0 Å². The molecule has 0 bridgehead atoms. The Labute approximate surface area is 126 Å². The number of hydrogen-bond donors (Lipinski definition) is 3. The summed E-state index contributed by atoms with van der Waals surface area (Å²) in [4.78, 5) is 12.6. The lowest BCUT2D eigenvalue weighted by atomic mass is 9.98. The molecule has 0 saturated carbocycles. The van der Waals surface area contributed by atoms with Crippen LogP contribution in [-0.4, -0.2) is 34.0 Å². The van der Waals surface area contributed by atoms with Gasteiger partial charge >= 0.3 is 0 Å². The first-order valence-electron chi connectivity index (χ1n) is 6.58. The Morgan fingerprint density at radius 2 is 1.86 bits per heavy atom. The molecular formula is C16H14O6. The SMILES string of the molecule is COC1(Cc2ccc(O)c(O)c2)Oc2cc(O)ccc2C1=O. The fourth-order valence-corrected chi connectivity index (χ4v) is 2.48. The lowest BCUT2D eigenvalue weighted by Crippen LogP contribution is -2.44. The normalized spacial score (nSPS) is 19.8. The highest BCUT2D eigenvalue weighted by molar-refractivity contribution is 6.06. The number of carbonyl (C=O) groups is 1. The van der Waals surface area contributed by atoms with E-state index in [1.165, 1.54) is 37.4 Å². The minimum atomic E-state index is -1.56. The standard InChI is InChI=1S/C16H14O6/c1-21-16(8-9-2-5-12(18)13(19)6-9)15(20)11-4-3-10(17)7-14(11)22-16/h2-7,17-19H,8H2,1H3. The van der Waals surface area contributed by atoms with E-state index in [0.717, 1.165) is 0 Å². The minimum absolute atomic E-state index is 0.0132. The molecule has 6 nitrogen and oxygen atoms in total. The summed E-state index contributed by atoms with van der Waals surface area (Å²) in [5.41, 5.74) is 0.880. The van der Waals surface area contributed by atoms with E-state index in [2.05, 4.69) is 0 Å². The van der Waals surface area contributed by atoms with E-state index in [-0.39, 0.29) is 35.2 Å².